The molecule has 5 nitrogen and oxygen atoms in total. The average Bonchev–Trinajstić information content (AvgIpc) is 2.37. The molecule has 0 spiro atoms. The van der Waals surface area contributed by atoms with Gasteiger partial charge in [0.25, 0.3) is 0 Å². The van der Waals surface area contributed by atoms with Gasteiger partial charge in [-0.05, 0) is 24.0 Å². The highest BCUT2D eigenvalue weighted by Crippen LogP contribution is 2.18. The van der Waals surface area contributed by atoms with Crippen LogP contribution in [0.2, 0.25) is 0 Å². The minimum absolute atomic E-state index is 0.0769. The second-order valence-electron chi connectivity index (χ2n) is 4.79. The Balaban J connectivity index is 2.41. The van der Waals surface area contributed by atoms with Crippen molar-refractivity contribution in [2.45, 2.75) is 20.3 Å². The van der Waals surface area contributed by atoms with Gasteiger partial charge < -0.3 is 4.74 Å². The summed E-state index contributed by atoms with van der Waals surface area (Å²) in [7, 11) is 1.44. The van der Waals surface area contributed by atoms with Gasteiger partial charge in [-0.15, -0.1) is 4.98 Å². The Morgan fingerprint density at radius 2 is 2.11 bits per heavy atom. The number of aromatic nitrogens is 3. The monoisotopic (exact) mass is 259 g/mol. The van der Waals surface area contributed by atoms with E-state index in [-0.39, 0.29) is 6.01 Å². The van der Waals surface area contributed by atoms with Crippen LogP contribution >= 0.6 is 0 Å². The molecule has 2 rings (SSSR count). The minimum Gasteiger partial charge on any atom is -0.467 e. The van der Waals surface area contributed by atoms with Gasteiger partial charge in [0.2, 0.25) is 0 Å². The molecule has 19 heavy (non-hydrogen) atoms. The summed E-state index contributed by atoms with van der Waals surface area (Å²) < 4.78 is 4.91. The highest BCUT2D eigenvalue weighted by Gasteiger charge is 2.06. The zero-order valence-electron chi connectivity index (χ0n) is 11.3. The molecule has 1 N–H and O–H groups in total. The van der Waals surface area contributed by atoms with Gasteiger partial charge in [-0.1, -0.05) is 32.0 Å². The standard InChI is InChI=1S/C14H17N3O2/c1-9(2)7-10-5-4-6-11(8-10)12-15-13(18)17-14(16-12)19-3/h4-6,8-9H,7H2,1-3H3,(H,15,16,17,18). The molecule has 0 atom stereocenters. The molecule has 0 bridgehead atoms. The third-order valence-electron chi connectivity index (χ3n) is 2.66. The zero-order valence-corrected chi connectivity index (χ0v) is 11.3. The highest BCUT2D eigenvalue weighted by atomic mass is 16.5. The molecule has 0 aliphatic heterocycles. The second kappa shape index (κ2) is 5.65. The lowest BCUT2D eigenvalue weighted by atomic mass is 10.0. The van der Waals surface area contributed by atoms with Crippen LogP contribution in [-0.2, 0) is 6.42 Å². The van der Waals surface area contributed by atoms with Crippen molar-refractivity contribution in [2.24, 2.45) is 5.92 Å². The maximum absolute atomic E-state index is 11.4. The fourth-order valence-corrected chi connectivity index (χ4v) is 1.91. The van der Waals surface area contributed by atoms with Gasteiger partial charge in [0, 0.05) is 5.56 Å². The maximum atomic E-state index is 11.4. The molecule has 100 valence electrons. The van der Waals surface area contributed by atoms with Crippen molar-refractivity contribution >= 4 is 0 Å². The van der Waals surface area contributed by atoms with Gasteiger partial charge in [0.05, 0.1) is 7.11 Å². The Labute approximate surface area is 111 Å². The molecule has 1 aromatic heterocycles. The van der Waals surface area contributed by atoms with Crippen LogP contribution in [-0.4, -0.2) is 22.1 Å². The van der Waals surface area contributed by atoms with Crippen LogP contribution in [0.1, 0.15) is 19.4 Å². The van der Waals surface area contributed by atoms with Crippen molar-refractivity contribution in [3.05, 3.63) is 40.3 Å². The number of aromatic amines is 1. The summed E-state index contributed by atoms with van der Waals surface area (Å²) in [5.41, 5.74) is 1.61. The van der Waals surface area contributed by atoms with Crippen LogP contribution in [0.15, 0.2) is 29.1 Å². The van der Waals surface area contributed by atoms with Gasteiger partial charge in [0.15, 0.2) is 0 Å². The first-order valence-electron chi connectivity index (χ1n) is 6.20. The summed E-state index contributed by atoms with van der Waals surface area (Å²) in [6, 6.07) is 8.03. The number of ether oxygens (including phenoxy) is 1. The van der Waals surface area contributed by atoms with E-state index in [0.717, 1.165) is 12.0 Å². The van der Waals surface area contributed by atoms with Gasteiger partial charge in [-0.25, -0.2) is 4.79 Å². The lowest BCUT2D eigenvalue weighted by molar-refractivity contribution is 0.377. The molecular weight excluding hydrogens is 242 g/mol. The molecule has 2 aromatic rings. The SMILES string of the molecule is COc1nc(-c2cccc(CC(C)C)c2)[nH]c(=O)n1. The Hall–Kier alpha value is -2.17. The number of methoxy groups -OCH3 is 1. The molecule has 0 fully saturated rings. The van der Waals surface area contributed by atoms with E-state index < -0.39 is 5.69 Å². The number of hydrogen-bond donors (Lipinski definition) is 1. The summed E-state index contributed by atoms with van der Waals surface area (Å²) in [6.45, 7) is 4.34. The van der Waals surface area contributed by atoms with Crippen molar-refractivity contribution < 1.29 is 4.74 Å². The second-order valence-corrected chi connectivity index (χ2v) is 4.79. The molecule has 5 heteroatoms. The van der Waals surface area contributed by atoms with Crippen molar-refractivity contribution in [1.29, 1.82) is 0 Å². The van der Waals surface area contributed by atoms with E-state index in [2.05, 4.69) is 34.9 Å². The number of rotatable bonds is 4. The fourth-order valence-electron chi connectivity index (χ4n) is 1.91. The molecule has 0 amide bonds. The summed E-state index contributed by atoms with van der Waals surface area (Å²) >= 11 is 0. The normalized spacial score (nSPS) is 10.7. The quantitative estimate of drug-likeness (QED) is 0.912. The number of nitrogens with zero attached hydrogens (tertiary/aromatic N) is 2. The van der Waals surface area contributed by atoms with Crippen molar-refractivity contribution in [3.8, 4) is 17.4 Å². The first kappa shape index (κ1) is 13.3. The lowest BCUT2D eigenvalue weighted by Crippen LogP contribution is -2.14. The van der Waals surface area contributed by atoms with Crippen LogP contribution in [0.25, 0.3) is 11.4 Å². The van der Waals surface area contributed by atoms with Crippen molar-refractivity contribution in [1.82, 2.24) is 15.0 Å². The van der Waals surface area contributed by atoms with Crippen molar-refractivity contribution in [2.75, 3.05) is 7.11 Å². The predicted octanol–water partition coefficient (Wildman–Crippen LogP) is 2.04. The molecule has 1 heterocycles. The average molecular weight is 259 g/mol. The maximum Gasteiger partial charge on any atom is 0.351 e. The Bertz CT molecular complexity index is 620. The number of benzene rings is 1. The smallest absolute Gasteiger partial charge is 0.351 e. The molecule has 0 unspecified atom stereocenters. The number of H-pyrrole nitrogens is 1. The van der Waals surface area contributed by atoms with E-state index in [1.54, 1.807) is 0 Å². The summed E-state index contributed by atoms with van der Waals surface area (Å²) in [5, 5.41) is 0. The Morgan fingerprint density at radius 1 is 1.32 bits per heavy atom. The van der Waals surface area contributed by atoms with Gasteiger partial charge in [0.1, 0.15) is 5.82 Å². The molecule has 0 saturated carbocycles. The lowest BCUT2D eigenvalue weighted by Gasteiger charge is -2.07. The van der Waals surface area contributed by atoms with E-state index in [1.807, 2.05) is 18.2 Å². The Kier molecular flexibility index (Phi) is 3.94. The summed E-state index contributed by atoms with van der Waals surface area (Å²) in [5.74, 6) is 1.05. The molecular formula is C14H17N3O2. The van der Waals surface area contributed by atoms with Crippen molar-refractivity contribution in [3.63, 3.8) is 0 Å². The van der Waals surface area contributed by atoms with Gasteiger partial charge >= 0.3 is 11.7 Å². The van der Waals surface area contributed by atoms with Gasteiger partial charge in [-0.3, -0.25) is 4.98 Å². The topological polar surface area (TPSA) is 67.9 Å². The minimum atomic E-state index is -0.462. The first-order valence-corrected chi connectivity index (χ1v) is 6.20. The van der Waals surface area contributed by atoms with Gasteiger partial charge in [-0.2, -0.15) is 4.98 Å². The van der Waals surface area contributed by atoms with E-state index in [9.17, 15) is 4.79 Å². The highest BCUT2D eigenvalue weighted by molar-refractivity contribution is 5.55. The molecule has 0 saturated heterocycles. The number of hydrogen-bond acceptors (Lipinski definition) is 4. The van der Waals surface area contributed by atoms with Crippen LogP contribution in [0.5, 0.6) is 6.01 Å². The molecule has 0 aliphatic carbocycles. The third-order valence-corrected chi connectivity index (χ3v) is 2.66. The molecule has 0 aliphatic rings. The largest absolute Gasteiger partial charge is 0.467 e. The van der Waals surface area contributed by atoms with Crippen LogP contribution < -0.4 is 10.4 Å². The van der Waals surface area contributed by atoms with Crippen LogP contribution in [0.3, 0.4) is 0 Å². The first-order chi connectivity index (χ1) is 9.08. The predicted molar refractivity (Wildman–Crippen MR) is 73.2 cm³/mol. The molecule has 0 radical (unpaired) electrons. The molecule has 1 aromatic carbocycles. The van der Waals surface area contributed by atoms with E-state index in [1.165, 1.54) is 12.7 Å². The van der Waals surface area contributed by atoms with E-state index in [0.29, 0.717) is 11.7 Å². The van der Waals surface area contributed by atoms with E-state index in [4.69, 9.17) is 4.74 Å². The van der Waals surface area contributed by atoms with Crippen LogP contribution in [0, 0.1) is 5.92 Å². The van der Waals surface area contributed by atoms with Crippen LogP contribution in [0.4, 0.5) is 0 Å². The fraction of sp³-hybridized carbons (Fsp3) is 0.357. The number of nitrogens with one attached hydrogen (secondary N) is 1. The van der Waals surface area contributed by atoms with E-state index >= 15 is 0 Å². The Morgan fingerprint density at radius 3 is 2.79 bits per heavy atom. The summed E-state index contributed by atoms with van der Waals surface area (Å²) in [6.07, 6.45) is 0.986. The third kappa shape index (κ3) is 3.40. The summed E-state index contributed by atoms with van der Waals surface area (Å²) in [4.78, 5) is 21.8. The zero-order chi connectivity index (χ0) is 13.8.